The summed E-state index contributed by atoms with van der Waals surface area (Å²) in [6, 6.07) is 0. The largest absolute Gasteiger partial charge is 0.396 e. The molecule has 0 aromatic rings. The maximum Gasteiger partial charge on any atom is 0.0459 e. The zero-order valence-electron chi connectivity index (χ0n) is 6.72. The molecule has 1 nitrogen and oxygen atoms in total. The van der Waals surface area contributed by atoms with E-state index in [0.29, 0.717) is 18.4 Å². The molecule has 0 aliphatic heterocycles. The molecule has 0 rings (SSSR count). The minimum absolute atomic E-state index is 0.334. The quantitative estimate of drug-likeness (QED) is 0.617. The van der Waals surface area contributed by atoms with Crippen LogP contribution in [0.15, 0.2) is 0 Å². The predicted octanol–water partition coefficient (Wildman–Crippen LogP) is 2.05. The molecule has 0 aromatic carbocycles. The molecule has 0 amide bonds. The van der Waals surface area contributed by atoms with Gasteiger partial charge in [-0.25, -0.2) is 0 Å². The molecule has 1 heteroatoms. The van der Waals surface area contributed by atoms with Gasteiger partial charge in [-0.15, -0.1) is 0 Å². The molecule has 0 heterocycles. The van der Waals surface area contributed by atoms with E-state index in [0.717, 1.165) is 0 Å². The Morgan fingerprint density at radius 1 is 1.22 bits per heavy atom. The van der Waals surface area contributed by atoms with Crippen LogP contribution in [-0.2, 0) is 0 Å². The Bertz CT molecular complexity index is 61.6. The van der Waals surface area contributed by atoms with Crippen LogP contribution in [-0.4, -0.2) is 11.7 Å². The summed E-state index contributed by atoms with van der Waals surface area (Å²) in [6.07, 6.45) is 2.47. The summed E-state index contributed by atoms with van der Waals surface area (Å²) in [6.45, 7) is 6.81. The van der Waals surface area contributed by atoms with Crippen molar-refractivity contribution < 1.29 is 5.11 Å². The SMILES string of the molecule is CCC[C@H](C)[C@@H](C)CO. The molecule has 0 saturated carbocycles. The molecule has 0 spiro atoms. The molecule has 0 radical (unpaired) electrons. The van der Waals surface area contributed by atoms with Crippen LogP contribution in [0.5, 0.6) is 0 Å². The van der Waals surface area contributed by atoms with Gasteiger partial charge in [-0.3, -0.25) is 0 Å². The van der Waals surface area contributed by atoms with Gasteiger partial charge in [-0.2, -0.15) is 0 Å². The third-order valence-corrected chi connectivity index (χ3v) is 2.00. The molecule has 0 bridgehead atoms. The Balaban J connectivity index is 3.32. The average molecular weight is 130 g/mol. The van der Waals surface area contributed by atoms with Crippen LogP contribution in [0.3, 0.4) is 0 Å². The number of rotatable bonds is 4. The van der Waals surface area contributed by atoms with E-state index in [1.54, 1.807) is 0 Å². The first-order valence-corrected chi connectivity index (χ1v) is 3.83. The lowest BCUT2D eigenvalue weighted by Crippen LogP contribution is -2.11. The van der Waals surface area contributed by atoms with Crippen LogP contribution in [0.4, 0.5) is 0 Å². The second kappa shape index (κ2) is 4.80. The summed E-state index contributed by atoms with van der Waals surface area (Å²) in [5, 5.41) is 8.73. The topological polar surface area (TPSA) is 20.2 Å². The van der Waals surface area contributed by atoms with Gasteiger partial charge in [0, 0.05) is 6.61 Å². The molecule has 9 heavy (non-hydrogen) atoms. The van der Waals surface area contributed by atoms with E-state index in [2.05, 4.69) is 20.8 Å². The van der Waals surface area contributed by atoms with Gasteiger partial charge in [0.2, 0.25) is 0 Å². The van der Waals surface area contributed by atoms with Crippen LogP contribution < -0.4 is 0 Å². The van der Waals surface area contributed by atoms with Crippen LogP contribution in [0.25, 0.3) is 0 Å². The Kier molecular flexibility index (Phi) is 4.78. The van der Waals surface area contributed by atoms with Gasteiger partial charge in [0.25, 0.3) is 0 Å². The number of aliphatic hydroxyl groups excluding tert-OH is 1. The fraction of sp³-hybridized carbons (Fsp3) is 1.00. The third-order valence-electron chi connectivity index (χ3n) is 2.00. The maximum atomic E-state index is 8.73. The van der Waals surface area contributed by atoms with E-state index in [1.807, 2.05) is 0 Å². The van der Waals surface area contributed by atoms with Gasteiger partial charge in [0.1, 0.15) is 0 Å². The van der Waals surface area contributed by atoms with Crippen molar-refractivity contribution >= 4 is 0 Å². The number of hydrogen-bond donors (Lipinski definition) is 1. The summed E-state index contributed by atoms with van der Waals surface area (Å²) >= 11 is 0. The normalized spacial score (nSPS) is 17.3. The second-order valence-electron chi connectivity index (χ2n) is 2.93. The average Bonchev–Trinajstić information content (AvgIpc) is 1.87. The third kappa shape index (κ3) is 3.52. The van der Waals surface area contributed by atoms with Gasteiger partial charge in [-0.05, 0) is 11.8 Å². The van der Waals surface area contributed by atoms with Gasteiger partial charge in [0.15, 0.2) is 0 Å². The number of hydrogen-bond acceptors (Lipinski definition) is 1. The maximum absolute atomic E-state index is 8.73. The van der Waals surface area contributed by atoms with Crippen LogP contribution in [0, 0.1) is 11.8 Å². The van der Waals surface area contributed by atoms with Crippen molar-refractivity contribution in [3.63, 3.8) is 0 Å². The van der Waals surface area contributed by atoms with E-state index in [1.165, 1.54) is 12.8 Å². The Labute approximate surface area is 58.1 Å². The fourth-order valence-corrected chi connectivity index (χ4v) is 0.920. The molecule has 1 N–H and O–H groups in total. The Morgan fingerprint density at radius 2 is 1.78 bits per heavy atom. The van der Waals surface area contributed by atoms with Crippen molar-refractivity contribution in [3.05, 3.63) is 0 Å². The highest BCUT2D eigenvalue weighted by molar-refractivity contribution is 4.58. The first-order valence-electron chi connectivity index (χ1n) is 3.83. The van der Waals surface area contributed by atoms with Crippen molar-refractivity contribution in [2.45, 2.75) is 33.6 Å². The second-order valence-corrected chi connectivity index (χ2v) is 2.93. The molecule has 0 aromatic heterocycles. The first kappa shape index (κ1) is 8.96. The van der Waals surface area contributed by atoms with Crippen molar-refractivity contribution in [2.75, 3.05) is 6.61 Å². The molecular formula is C8H18O. The Morgan fingerprint density at radius 3 is 2.11 bits per heavy atom. The lowest BCUT2D eigenvalue weighted by atomic mass is 9.93. The zero-order valence-corrected chi connectivity index (χ0v) is 6.72. The lowest BCUT2D eigenvalue weighted by Gasteiger charge is -2.15. The Hall–Kier alpha value is -0.0400. The van der Waals surface area contributed by atoms with Crippen molar-refractivity contribution in [2.24, 2.45) is 11.8 Å². The van der Waals surface area contributed by atoms with E-state index in [-0.39, 0.29) is 0 Å². The van der Waals surface area contributed by atoms with Crippen LogP contribution >= 0.6 is 0 Å². The van der Waals surface area contributed by atoms with Gasteiger partial charge in [0.05, 0.1) is 0 Å². The molecule has 56 valence electrons. The predicted molar refractivity (Wildman–Crippen MR) is 40.3 cm³/mol. The van der Waals surface area contributed by atoms with Crippen molar-refractivity contribution in [3.8, 4) is 0 Å². The minimum atomic E-state index is 0.334. The molecule has 0 aliphatic rings. The summed E-state index contributed by atoms with van der Waals surface area (Å²) < 4.78 is 0. The molecule has 0 aliphatic carbocycles. The number of aliphatic hydroxyl groups is 1. The monoisotopic (exact) mass is 130 g/mol. The fourth-order valence-electron chi connectivity index (χ4n) is 0.920. The summed E-state index contributed by atoms with van der Waals surface area (Å²) in [5.74, 6) is 1.16. The highest BCUT2D eigenvalue weighted by Crippen LogP contribution is 2.15. The summed E-state index contributed by atoms with van der Waals surface area (Å²) in [5.41, 5.74) is 0. The van der Waals surface area contributed by atoms with Gasteiger partial charge >= 0.3 is 0 Å². The van der Waals surface area contributed by atoms with Crippen LogP contribution in [0.2, 0.25) is 0 Å². The molecule has 2 atom stereocenters. The first-order chi connectivity index (χ1) is 4.22. The van der Waals surface area contributed by atoms with E-state index in [9.17, 15) is 0 Å². The molecule has 0 unspecified atom stereocenters. The van der Waals surface area contributed by atoms with Gasteiger partial charge < -0.3 is 5.11 Å². The summed E-state index contributed by atoms with van der Waals surface area (Å²) in [7, 11) is 0. The van der Waals surface area contributed by atoms with Crippen LogP contribution in [0.1, 0.15) is 33.6 Å². The highest BCUT2D eigenvalue weighted by Gasteiger charge is 2.08. The van der Waals surface area contributed by atoms with Crippen molar-refractivity contribution in [1.29, 1.82) is 0 Å². The lowest BCUT2D eigenvalue weighted by molar-refractivity contribution is 0.190. The van der Waals surface area contributed by atoms with E-state index < -0.39 is 0 Å². The minimum Gasteiger partial charge on any atom is -0.396 e. The van der Waals surface area contributed by atoms with E-state index >= 15 is 0 Å². The van der Waals surface area contributed by atoms with Gasteiger partial charge in [-0.1, -0.05) is 33.6 Å². The van der Waals surface area contributed by atoms with E-state index in [4.69, 9.17) is 5.11 Å². The molecule has 0 fully saturated rings. The molecular weight excluding hydrogens is 112 g/mol. The standard InChI is InChI=1S/C8H18O/c1-4-5-7(2)8(3)6-9/h7-9H,4-6H2,1-3H3/t7-,8-/m0/s1. The molecule has 0 saturated heterocycles. The smallest absolute Gasteiger partial charge is 0.0459 e. The highest BCUT2D eigenvalue weighted by atomic mass is 16.3. The zero-order chi connectivity index (χ0) is 7.28. The summed E-state index contributed by atoms with van der Waals surface area (Å²) in [4.78, 5) is 0. The van der Waals surface area contributed by atoms with Crippen molar-refractivity contribution in [1.82, 2.24) is 0 Å².